The van der Waals surface area contributed by atoms with E-state index < -0.39 is 17.8 Å². The molecule has 0 saturated carbocycles. The third kappa shape index (κ3) is 6.19. The third-order valence-electron chi connectivity index (χ3n) is 5.92. The first kappa shape index (κ1) is 28.4. The lowest BCUT2D eigenvalue weighted by Gasteiger charge is -2.27. The van der Waals surface area contributed by atoms with Crippen molar-refractivity contribution >= 4 is 68.7 Å². The number of hydrogen-bond acceptors (Lipinski definition) is 5. The monoisotopic (exact) mass is 628 g/mol. The molecule has 1 aliphatic heterocycles. The van der Waals surface area contributed by atoms with Crippen molar-refractivity contribution < 1.29 is 23.9 Å². The summed E-state index contributed by atoms with van der Waals surface area (Å²) in [6.07, 6.45) is 3.54. The minimum Gasteiger partial charge on any atom is -0.493 e. The summed E-state index contributed by atoms with van der Waals surface area (Å²) in [4.78, 5) is 39.6. The Morgan fingerprint density at radius 1 is 1.05 bits per heavy atom. The number of ether oxygens (including phenoxy) is 2. The number of benzene rings is 3. The Hall–Kier alpha value is -3.59. The molecule has 1 aliphatic rings. The number of imide groups is 2. The minimum atomic E-state index is -0.820. The summed E-state index contributed by atoms with van der Waals surface area (Å²) in [5, 5.41) is 3.10. The number of aryl methyl sites for hydroxylation is 1. The van der Waals surface area contributed by atoms with E-state index in [1.54, 1.807) is 54.6 Å². The third-order valence-corrected chi connectivity index (χ3v) is 7.55. The van der Waals surface area contributed by atoms with Crippen LogP contribution in [0, 0.1) is 6.92 Å². The van der Waals surface area contributed by atoms with Crippen LogP contribution in [0.4, 0.5) is 10.5 Å². The summed E-state index contributed by atoms with van der Waals surface area (Å²) in [5.41, 5.74) is 2.99. The van der Waals surface area contributed by atoms with Gasteiger partial charge >= 0.3 is 6.03 Å². The number of allylic oxidation sites excluding steroid dienone is 1. The first-order valence-electron chi connectivity index (χ1n) is 11.7. The number of hydrogen-bond donors (Lipinski definition) is 1. The van der Waals surface area contributed by atoms with E-state index in [1.807, 2.05) is 6.92 Å². The van der Waals surface area contributed by atoms with E-state index in [9.17, 15) is 14.4 Å². The minimum absolute atomic E-state index is 0.197. The Bertz CT molecular complexity index is 1540. The van der Waals surface area contributed by atoms with Gasteiger partial charge < -0.3 is 9.47 Å². The summed E-state index contributed by atoms with van der Waals surface area (Å²) in [6, 6.07) is 12.8. The molecule has 4 rings (SSSR count). The molecule has 1 saturated heterocycles. The van der Waals surface area contributed by atoms with Gasteiger partial charge in [0.1, 0.15) is 12.2 Å². The first-order valence-corrected chi connectivity index (χ1v) is 13.2. The van der Waals surface area contributed by atoms with Crippen molar-refractivity contribution in [2.75, 3.05) is 12.0 Å². The highest BCUT2D eigenvalue weighted by Crippen LogP contribution is 2.36. The molecular formula is C29H23BrCl2N2O5. The number of methoxy groups -OCH3 is 1. The van der Waals surface area contributed by atoms with Crippen LogP contribution >= 0.6 is 39.1 Å². The molecular weight excluding hydrogens is 607 g/mol. The SMILES string of the molecule is C=CCc1cc(/C=C2\C(=O)NC(=O)N(c3ccc(Br)c(C)c3)C2=O)cc(OC)c1OCc1ccc(Cl)c(Cl)c1. The van der Waals surface area contributed by atoms with E-state index in [0.29, 0.717) is 39.2 Å². The number of nitrogens with one attached hydrogen (secondary N) is 1. The summed E-state index contributed by atoms with van der Waals surface area (Å²) >= 11 is 15.5. The molecule has 10 heteroatoms. The maximum Gasteiger partial charge on any atom is 0.335 e. The van der Waals surface area contributed by atoms with E-state index in [0.717, 1.165) is 26.1 Å². The standard InChI is InChI=1S/C29H23BrCl2N2O5/c1-4-5-19-11-18(14-25(38-3)26(19)39-15-17-6-9-23(31)24(32)13-17)12-21-27(35)33-29(37)34(28(21)36)20-7-8-22(30)16(2)10-20/h4,6-14H,1,5,15H2,2-3H3,(H,33,35,37)/b21-12+. The summed E-state index contributed by atoms with van der Waals surface area (Å²) in [7, 11) is 1.49. The molecule has 1 fully saturated rings. The lowest BCUT2D eigenvalue weighted by molar-refractivity contribution is -0.122. The van der Waals surface area contributed by atoms with Gasteiger partial charge in [-0.25, -0.2) is 9.69 Å². The highest BCUT2D eigenvalue weighted by molar-refractivity contribution is 9.10. The topological polar surface area (TPSA) is 84.9 Å². The zero-order valence-corrected chi connectivity index (χ0v) is 24.1. The van der Waals surface area contributed by atoms with Crippen LogP contribution in [0.1, 0.15) is 22.3 Å². The van der Waals surface area contributed by atoms with Crippen molar-refractivity contribution in [2.45, 2.75) is 20.0 Å². The molecule has 0 radical (unpaired) electrons. The van der Waals surface area contributed by atoms with Gasteiger partial charge in [0.05, 0.1) is 22.8 Å². The summed E-state index contributed by atoms with van der Waals surface area (Å²) in [6.45, 7) is 5.85. The quantitative estimate of drug-likeness (QED) is 0.164. The Labute approximate surface area is 244 Å². The van der Waals surface area contributed by atoms with Gasteiger partial charge in [0.25, 0.3) is 11.8 Å². The number of urea groups is 1. The van der Waals surface area contributed by atoms with E-state index in [-0.39, 0.29) is 12.2 Å². The molecule has 0 atom stereocenters. The van der Waals surface area contributed by atoms with Gasteiger partial charge in [-0.05, 0) is 78.6 Å². The van der Waals surface area contributed by atoms with Crippen LogP contribution in [0.15, 0.2) is 71.2 Å². The average molecular weight is 630 g/mol. The molecule has 0 aromatic heterocycles. The first-order chi connectivity index (χ1) is 18.6. The van der Waals surface area contributed by atoms with Crippen molar-refractivity contribution in [2.24, 2.45) is 0 Å². The largest absolute Gasteiger partial charge is 0.493 e. The number of anilines is 1. The van der Waals surface area contributed by atoms with Crippen LogP contribution < -0.4 is 19.7 Å². The number of carbonyl (C=O) groups excluding carboxylic acids is 3. The van der Waals surface area contributed by atoms with Gasteiger partial charge in [-0.3, -0.25) is 14.9 Å². The smallest absolute Gasteiger partial charge is 0.335 e. The lowest BCUT2D eigenvalue weighted by Crippen LogP contribution is -2.54. The number of halogens is 3. The highest BCUT2D eigenvalue weighted by atomic mass is 79.9. The van der Waals surface area contributed by atoms with E-state index in [2.05, 4.69) is 27.8 Å². The van der Waals surface area contributed by atoms with E-state index >= 15 is 0 Å². The van der Waals surface area contributed by atoms with Gasteiger partial charge in [-0.1, -0.05) is 51.3 Å². The number of amides is 4. The summed E-state index contributed by atoms with van der Waals surface area (Å²) < 4.78 is 12.5. The molecule has 7 nitrogen and oxygen atoms in total. The van der Waals surface area contributed by atoms with Gasteiger partial charge in [0.2, 0.25) is 0 Å². The van der Waals surface area contributed by atoms with Gasteiger partial charge in [-0.2, -0.15) is 0 Å². The maximum absolute atomic E-state index is 13.4. The highest BCUT2D eigenvalue weighted by Gasteiger charge is 2.37. The fourth-order valence-corrected chi connectivity index (χ4v) is 4.57. The molecule has 3 aromatic carbocycles. The van der Waals surface area contributed by atoms with Gasteiger partial charge in [0, 0.05) is 10.0 Å². The zero-order chi connectivity index (χ0) is 28.3. The fraction of sp³-hybridized carbons (Fsp3) is 0.138. The van der Waals surface area contributed by atoms with Crippen molar-refractivity contribution in [3.8, 4) is 11.5 Å². The van der Waals surface area contributed by atoms with Crippen LogP contribution in [0.5, 0.6) is 11.5 Å². The van der Waals surface area contributed by atoms with Crippen LogP contribution in [-0.2, 0) is 22.6 Å². The van der Waals surface area contributed by atoms with Gasteiger partial charge in [0.15, 0.2) is 11.5 Å². The van der Waals surface area contributed by atoms with Crippen molar-refractivity contribution in [1.29, 1.82) is 0 Å². The molecule has 200 valence electrons. The van der Waals surface area contributed by atoms with Crippen molar-refractivity contribution in [3.63, 3.8) is 0 Å². The predicted molar refractivity (Wildman–Crippen MR) is 156 cm³/mol. The van der Waals surface area contributed by atoms with Crippen LogP contribution in [-0.4, -0.2) is 25.0 Å². The number of rotatable bonds is 8. The molecule has 1 N–H and O–H groups in total. The van der Waals surface area contributed by atoms with E-state index in [1.165, 1.54) is 13.2 Å². The lowest BCUT2D eigenvalue weighted by atomic mass is 10.0. The Morgan fingerprint density at radius 3 is 2.49 bits per heavy atom. The average Bonchev–Trinajstić information content (AvgIpc) is 2.89. The second-order valence-corrected chi connectivity index (χ2v) is 10.3. The van der Waals surface area contributed by atoms with Crippen LogP contribution in [0.2, 0.25) is 10.0 Å². The Morgan fingerprint density at radius 2 is 1.82 bits per heavy atom. The molecule has 1 heterocycles. The van der Waals surface area contributed by atoms with E-state index in [4.69, 9.17) is 32.7 Å². The molecule has 3 aromatic rings. The predicted octanol–water partition coefficient (Wildman–Crippen LogP) is 7.05. The van der Waals surface area contributed by atoms with Crippen LogP contribution in [0.25, 0.3) is 6.08 Å². The second-order valence-electron chi connectivity index (χ2n) is 8.63. The zero-order valence-electron chi connectivity index (χ0n) is 21.0. The fourth-order valence-electron chi connectivity index (χ4n) is 4.00. The van der Waals surface area contributed by atoms with Crippen molar-refractivity contribution in [3.05, 3.63) is 104 Å². The molecule has 0 unspecified atom stereocenters. The number of carbonyl (C=O) groups is 3. The molecule has 0 bridgehead atoms. The van der Waals surface area contributed by atoms with Crippen molar-refractivity contribution in [1.82, 2.24) is 5.32 Å². The van der Waals surface area contributed by atoms with Gasteiger partial charge in [-0.15, -0.1) is 6.58 Å². The summed E-state index contributed by atoms with van der Waals surface area (Å²) in [5.74, 6) is -0.664. The Kier molecular flexibility index (Phi) is 8.80. The maximum atomic E-state index is 13.4. The second kappa shape index (κ2) is 12.1. The molecule has 4 amide bonds. The number of barbiturate groups is 1. The number of nitrogens with zero attached hydrogens (tertiary/aromatic N) is 1. The Balaban J connectivity index is 1.70. The normalized spacial score (nSPS) is 14.4. The molecule has 0 aliphatic carbocycles. The molecule has 0 spiro atoms. The molecule has 39 heavy (non-hydrogen) atoms. The van der Waals surface area contributed by atoms with Crippen LogP contribution in [0.3, 0.4) is 0 Å².